The largest absolute Gasteiger partial charge is 0.325 e. The molecule has 172 valence electrons. The second-order valence-corrected chi connectivity index (χ2v) is 9.24. The normalized spacial score (nSPS) is 11.0. The van der Waals surface area contributed by atoms with Crippen molar-refractivity contribution in [3.63, 3.8) is 0 Å². The van der Waals surface area contributed by atoms with Crippen molar-refractivity contribution in [1.82, 2.24) is 4.90 Å². The highest BCUT2D eigenvalue weighted by molar-refractivity contribution is 7.92. The van der Waals surface area contributed by atoms with Gasteiger partial charge in [0.2, 0.25) is 0 Å². The molecule has 0 radical (unpaired) electrons. The van der Waals surface area contributed by atoms with Gasteiger partial charge in [-0.15, -0.1) is 0 Å². The van der Waals surface area contributed by atoms with Crippen molar-refractivity contribution < 1.29 is 18.0 Å². The number of anilines is 2. The Morgan fingerprint density at radius 1 is 0.909 bits per heavy atom. The first-order valence-corrected chi connectivity index (χ1v) is 12.2. The zero-order valence-electron chi connectivity index (χ0n) is 18.2. The smallest absolute Gasteiger partial charge is 0.321 e. The predicted octanol–water partition coefficient (Wildman–Crippen LogP) is 5.25. The van der Waals surface area contributed by atoms with Crippen LogP contribution in [0.1, 0.15) is 29.8 Å². The van der Waals surface area contributed by atoms with Crippen molar-refractivity contribution >= 4 is 44.8 Å². The molecular formula is C24H24ClN3O4S. The van der Waals surface area contributed by atoms with Crippen LogP contribution in [0, 0.1) is 0 Å². The van der Waals surface area contributed by atoms with Crippen LogP contribution in [-0.4, -0.2) is 38.2 Å². The predicted molar refractivity (Wildman–Crippen MR) is 131 cm³/mol. The lowest BCUT2D eigenvalue weighted by molar-refractivity contribution is 0.103. The van der Waals surface area contributed by atoms with Gasteiger partial charge in [-0.3, -0.25) is 9.52 Å². The highest BCUT2D eigenvalue weighted by Gasteiger charge is 2.20. The monoisotopic (exact) mass is 485 g/mol. The van der Waals surface area contributed by atoms with E-state index in [0.29, 0.717) is 29.4 Å². The minimum atomic E-state index is -4.00. The van der Waals surface area contributed by atoms with Gasteiger partial charge in [0.15, 0.2) is 5.78 Å². The minimum Gasteiger partial charge on any atom is -0.325 e. The van der Waals surface area contributed by atoms with Crippen LogP contribution in [0.15, 0.2) is 77.7 Å². The summed E-state index contributed by atoms with van der Waals surface area (Å²) in [5.74, 6) is -0.356. The third-order valence-electron chi connectivity index (χ3n) is 4.97. The lowest BCUT2D eigenvalue weighted by Gasteiger charge is -2.19. The van der Waals surface area contributed by atoms with E-state index in [1.54, 1.807) is 35.2 Å². The molecule has 0 saturated carbocycles. The van der Waals surface area contributed by atoms with Crippen molar-refractivity contribution in [3.05, 3.63) is 88.9 Å². The molecular weight excluding hydrogens is 462 g/mol. The van der Waals surface area contributed by atoms with E-state index in [9.17, 15) is 18.0 Å². The maximum atomic E-state index is 13.0. The number of benzene rings is 3. The summed E-state index contributed by atoms with van der Waals surface area (Å²) in [5, 5.41) is 3.04. The molecule has 0 spiro atoms. The first-order chi connectivity index (χ1) is 15.7. The second-order valence-electron chi connectivity index (χ2n) is 7.12. The Labute approximate surface area is 198 Å². The van der Waals surface area contributed by atoms with E-state index in [4.69, 9.17) is 11.6 Å². The van der Waals surface area contributed by atoms with Gasteiger partial charge in [0.05, 0.1) is 10.6 Å². The van der Waals surface area contributed by atoms with Crippen molar-refractivity contribution in [2.24, 2.45) is 0 Å². The molecule has 0 fully saturated rings. The summed E-state index contributed by atoms with van der Waals surface area (Å²) in [5.41, 5.74) is 1.14. The van der Waals surface area contributed by atoms with Crippen LogP contribution in [0.2, 0.25) is 5.02 Å². The Bertz CT molecular complexity index is 1240. The first-order valence-electron chi connectivity index (χ1n) is 10.3. The topological polar surface area (TPSA) is 95.6 Å². The number of amides is 2. The maximum Gasteiger partial charge on any atom is 0.321 e. The van der Waals surface area contributed by atoms with E-state index in [1.807, 2.05) is 13.8 Å². The maximum absolute atomic E-state index is 13.0. The minimum absolute atomic E-state index is 0.0172. The zero-order chi connectivity index (χ0) is 24.0. The summed E-state index contributed by atoms with van der Waals surface area (Å²) < 4.78 is 28.4. The summed E-state index contributed by atoms with van der Waals surface area (Å²) in [6.45, 7) is 4.86. The molecule has 0 bridgehead atoms. The number of urea groups is 1. The number of nitrogens with one attached hydrogen (secondary N) is 2. The second kappa shape index (κ2) is 10.5. The molecule has 3 aromatic carbocycles. The summed E-state index contributed by atoms with van der Waals surface area (Å²) in [6, 6.07) is 18.4. The van der Waals surface area contributed by atoms with Gasteiger partial charge in [0, 0.05) is 34.9 Å². The molecule has 0 saturated heterocycles. The molecule has 0 aliphatic rings. The molecule has 9 heteroatoms. The van der Waals surface area contributed by atoms with Gasteiger partial charge in [-0.1, -0.05) is 41.9 Å². The molecule has 0 aliphatic carbocycles. The number of hydrogen-bond acceptors (Lipinski definition) is 4. The van der Waals surface area contributed by atoms with E-state index >= 15 is 0 Å². The molecule has 0 heterocycles. The fourth-order valence-corrected chi connectivity index (χ4v) is 4.42. The van der Waals surface area contributed by atoms with Crippen molar-refractivity contribution in [1.29, 1.82) is 0 Å². The van der Waals surface area contributed by atoms with Crippen LogP contribution in [0.25, 0.3) is 0 Å². The SMILES string of the molecule is CCN(CC)C(=O)Nc1ccc(S(=O)(=O)Nc2ccc(Cl)cc2C(=O)c2ccccc2)cc1. The number of hydrogen-bond donors (Lipinski definition) is 2. The quantitative estimate of drug-likeness (QED) is 0.426. The van der Waals surface area contributed by atoms with E-state index in [2.05, 4.69) is 10.0 Å². The van der Waals surface area contributed by atoms with Crippen molar-refractivity contribution in [2.75, 3.05) is 23.1 Å². The average Bonchev–Trinajstić information content (AvgIpc) is 2.81. The molecule has 33 heavy (non-hydrogen) atoms. The molecule has 3 aromatic rings. The highest BCUT2D eigenvalue weighted by atomic mass is 35.5. The summed E-state index contributed by atoms with van der Waals surface area (Å²) >= 11 is 6.07. The van der Waals surface area contributed by atoms with Gasteiger partial charge < -0.3 is 10.2 Å². The Kier molecular flexibility index (Phi) is 7.73. The number of carbonyl (C=O) groups excluding carboxylic acids is 2. The van der Waals surface area contributed by atoms with Crippen LogP contribution < -0.4 is 10.0 Å². The Morgan fingerprint density at radius 3 is 2.15 bits per heavy atom. The van der Waals surface area contributed by atoms with Crippen molar-refractivity contribution in [2.45, 2.75) is 18.7 Å². The lowest BCUT2D eigenvalue weighted by Crippen LogP contribution is -2.34. The third kappa shape index (κ3) is 5.91. The van der Waals surface area contributed by atoms with E-state index < -0.39 is 10.0 Å². The zero-order valence-corrected chi connectivity index (χ0v) is 19.8. The Balaban J connectivity index is 1.84. The first kappa shape index (κ1) is 24.3. The van der Waals surface area contributed by atoms with Crippen molar-refractivity contribution in [3.8, 4) is 0 Å². The number of ketones is 1. The molecule has 0 unspecified atom stereocenters. The molecule has 0 aliphatic heterocycles. The number of rotatable bonds is 8. The summed E-state index contributed by atoms with van der Waals surface area (Å²) in [7, 11) is -4.00. The number of sulfonamides is 1. The number of nitrogens with zero attached hydrogens (tertiary/aromatic N) is 1. The lowest BCUT2D eigenvalue weighted by atomic mass is 10.0. The van der Waals surface area contributed by atoms with Gasteiger partial charge >= 0.3 is 6.03 Å². The fourth-order valence-electron chi connectivity index (χ4n) is 3.17. The molecule has 2 amide bonds. The standard InChI is InChI=1S/C24H24ClN3O4S/c1-3-28(4-2)24(30)26-19-11-13-20(14-12-19)33(31,32)27-22-15-10-18(25)16-21(22)23(29)17-8-6-5-7-9-17/h5-16,27H,3-4H2,1-2H3,(H,26,30). The number of halogens is 1. The van der Waals surface area contributed by atoms with E-state index in [1.165, 1.54) is 42.5 Å². The van der Waals surface area contributed by atoms with Gasteiger partial charge in [0.25, 0.3) is 10.0 Å². The fraction of sp³-hybridized carbons (Fsp3) is 0.167. The van der Waals surface area contributed by atoms with E-state index in [0.717, 1.165) is 0 Å². The third-order valence-corrected chi connectivity index (χ3v) is 6.59. The van der Waals surface area contributed by atoms with Gasteiger partial charge in [0.1, 0.15) is 0 Å². The van der Waals surface area contributed by atoms with Gasteiger partial charge in [-0.25, -0.2) is 13.2 Å². The molecule has 2 N–H and O–H groups in total. The van der Waals surface area contributed by atoms with Crippen LogP contribution in [0.4, 0.5) is 16.2 Å². The average molecular weight is 486 g/mol. The van der Waals surface area contributed by atoms with Crippen LogP contribution in [0.5, 0.6) is 0 Å². The van der Waals surface area contributed by atoms with Gasteiger partial charge in [-0.2, -0.15) is 0 Å². The summed E-state index contributed by atoms with van der Waals surface area (Å²) in [4.78, 5) is 26.7. The van der Waals surface area contributed by atoms with Crippen LogP contribution in [0.3, 0.4) is 0 Å². The van der Waals surface area contributed by atoms with E-state index in [-0.39, 0.29) is 28.0 Å². The molecule has 7 nitrogen and oxygen atoms in total. The van der Waals surface area contributed by atoms with Crippen LogP contribution in [-0.2, 0) is 10.0 Å². The Morgan fingerprint density at radius 2 is 1.55 bits per heavy atom. The number of carbonyl (C=O) groups is 2. The molecule has 0 atom stereocenters. The van der Waals surface area contributed by atoms with Crippen LogP contribution >= 0.6 is 11.6 Å². The molecule has 0 aromatic heterocycles. The highest BCUT2D eigenvalue weighted by Crippen LogP contribution is 2.26. The van der Waals surface area contributed by atoms with Gasteiger partial charge in [-0.05, 0) is 56.3 Å². The summed E-state index contributed by atoms with van der Waals surface area (Å²) in [6.07, 6.45) is 0. The Hall–Kier alpha value is -3.36. The molecule has 3 rings (SSSR count).